The molecule has 2 fully saturated rings. The van der Waals surface area contributed by atoms with E-state index in [2.05, 4.69) is 60.7 Å². The minimum atomic E-state index is 1.23. The maximum atomic E-state index is 2.30. The highest BCUT2D eigenvalue weighted by Crippen LogP contribution is 2.41. The number of hydrogen-bond donors (Lipinski definition) is 0. The van der Waals surface area contributed by atoms with E-state index in [0.717, 1.165) is 0 Å². The maximum absolute atomic E-state index is 2.30. The van der Waals surface area contributed by atoms with E-state index in [4.69, 9.17) is 0 Å². The summed E-state index contributed by atoms with van der Waals surface area (Å²) in [4.78, 5) is 0. The highest BCUT2D eigenvalue weighted by atomic mass is 14.3. The van der Waals surface area contributed by atoms with E-state index in [1.807, 2.05) is 0 Å². The maximum Gasteiger partial charge on any atom is -0.00766 e. The molecule has 0 unspecified atom stereocenters. The molecule has 0 spiro atoms. The summed E-state index contributed by atoms with van der Waals surface area (Å²) in [6.07, 6.45) is 14.8. The van der Waals surface area contributed by atoms with Gasteiger partial charge < -0.3 is 0 Å². The molecule has 0 radical (unpaired) electrons. The van der Waals surface area contributed by atoms with Crippen molar-refractivity contribution in [2.75, 3.05) is 0 Å². The highest BCUT2D eigenvalue weighted by Gasteiger charge is 2.21. The molecule has 2 aromatic rings. The lowest BCUT2D eigenvalue weighted by Gasteiger charge is -2.21. The Morgan fingerprint density at radius 1 is 0.481 bits per heavy atom. The van der Waals surface area contributed by atoms with Crippen LogP contribution in [-0.2, 0) is 0 Å². The fourth-order valence-electron chi connectivity index (χ4n) is 4.93. The van der Waals surface area contributed by atoms with Crippen molar-refractivity contribution in [1.29, 1.82) is 0 Å². The van der Waals surface area contributed by atoms with Crippen molar-refractivity contribution in [3.05, 3.63) is 88.5 Å². The van der Waals surface area contributed by atoms with Crippen LogP contribution < -0.4 is 0 Å². The summed E-state index contributed by atoms with van der Waals surface area (Å²) in [6, 6.07) is 22.2. The SMILES string of the molecule is c1ccc(C(=C2CCCCCC2=C2CCCCCC2)c2ccccc2)cc1. The van der Waals surface area contributed by atoms with Gasteiger partial charge in [-0.15, -0.1) is 0 Å². The van der Waals surface area contributed by atoms with Crippen LogP contribution in [0.15, 0.2) is 77.4 Å². The molecule has 2 aliphatic rings. The monoisotopic (exact) mass is 356 g/mol. The van der Waals surface area contributed by atoms with Crippen molar-refractivity contribution < 1.29 is 0 Å². The first-order valence-corrected chi connectivity index (χ1v) is 11.0. The zero-order chi connectivity index (χ0) is 18.3. The Hall–Kier alpha value is -2.08. The molecule has 0 saturated heterocycles. The second kappa shape index (κ2) is 9.22. The molecule has 2 aliphatic carbocycles. The summed E-state index contributed by atoms with van der Waals surface area (Å²) in [7, 11) is 0. The van der Waals surface area contributed by atoms with E-state index in [0.29, 0.717) is 0 Å². The van der Waals surface area contributed by atoms with Gasteiger partial charge in [-0.3, -0.25) is 0 Å². The van der Waals surface area contributed by atoms with Gasteiger partial charge in [0.2, 0.25) is 0 Å². The lowest BCUT2D eigenvalue weighted by atomic mass is 9.84. The van der Waals surface area contributed by atoms with Crippen LogP contribution in [0.2, 0.25) is 0 Å². The quantitative estimate of drug-likeness (QED) is 0.477. The summed E-state index contributed by atoms with van der Waals surface area (Å²) >= 11 is 0. The topological polar surface area (TPSA) is 0 Å². The lowest BCUT2D eigenvalue weighted by Crippen LogP contribution is -2.01. The second-order valence-corrected chi connectivity index (χ2v) is 8.14. The Morgan fingerprint density at radius 3 is 1.56 bits per heavy atom. The van der Waals surface area contributed by atoms with Crippen LogP contribution in [0.5, 0.6) is 0 Å². The largest absolute Gasteiger partial charge is 0.0667 e. The molecular formula is C27H32. The molecule has 2 saturated carbocycles. The van der Waals surface area contributed by atoms with Crippen molar-refractivity contribution in [3.63, 3.8) is 0 Å². The third-order valence-corrected chi connectivity index (χ3v) is 6.28. The zero-order valence-corrected chi connectivity index (χ0v) is 16.6. The Morgan fingerprint density at radius 2 is 0.963 bits per heavy atom. The minimum Gasteiger partial charge on any atom is -0.0667 e. The molecule has 27 heavy (non-hydrogen) atoms. The molecule has 0 nitrogen and oxygen atoms in total. The molecule has 0 atom stereocenters. The molecule has 0 aromatic heterocycles. The van der Waals surface area contributed by atoms with Crippen LogP contribution in [0.1, 0.15) is 81.8 Å². The Bertz CT molecular complexity index is 741. The Labute approximate surface area is 165 Å². The van der Waals surface area contributed by atoms with Gasteiger partial charge in [-0.1, -0.05) is 85.5 Å². The molecule has 0 aliphatic heterocycles. The third kappa shape index (κ3) is 4.43. The first kappa shape index (κ1) is 18.3. The van der Waals surface area contributed by atoms with Crippen LogP contribution in [0.25, 0.3) is 5.57 Å². The van der Waals surface area contributed by atoms with E-state index in [9.17, 15) is 0 Å². The van der Waals surface area contributed by atoms with Crippen molar-refractivity contribution in [2.45, 2.75) is 70.6 Å². The lowest BCUT2D eigenvalue weighted by molar-refractivity contribution is 0.702. The summed E-state index contributed by atoms with van der Waals surface area (Å²) in [5, 5.41) is 0. The van der Waals surface area contributed by atoms with Crippen molar-refractivity contribution in [1.82, 2.24) is 0 Å². The summed E-state index contributed by atoms with van der Waals surface area (Å²) < 4.78 is 0. The van der Waals surface area contributed by atoms with Gasteiger partial charge in [-0.2, -0.15) is 0 Å². The predicted octanol–water partition coefficient (Wildman–Crippen LogP) is 8.10. The van der Waals surface area contributed by atoms with Crippen LogP contribution in [-0.4, -0.2) is 0 Å². The van der Waals surface area contributed by atoms with Gasteiger partial charge >= 0.3 is 0 Å². The molecular weight excluding hydrogens is 324 g/mol. The summed E-state index contributed by atoms with van der Waals surface area (Å²) in [5.41, 5.74) is 9.43. The van der Waals surface area contributed by atoms with Gasteiger partial charge in [-0.25, -0.2) is 0 Å². The molecule has 0 heterocycles. The number of benzene rings is 2. The molecule has 0 bridgehead atoms. The summed E-state index contributed by atoms with van der Waals surface area (Å²) in [5.74, 6) is 0. The number of hydrogen-bond acceptors (Lipinski definition) is 0. The Balaban J connectivity index is 1.92. The molecule has 0 amide bonds. The van der Waals surface area contributed by atoms with E-state index in [-0.39, 0.29) is 0 Å². The third-order valence-electron chi connectivity index (χ3n) is 6.28. The molecule has 4 rings (SSSR count). The minimum absolute atomic E-state index is 1.23. The van der Waals surface area contributed by atoms with Gasteiger partial charge in [0.1, 0.15) is 0 Å². The number of allylic oxidation sites excluding steroid dienone is 3. The highest BCUT2D eigenvalue weighted by molar-refractivity contribution is 5.84. The van der Waals surface area contributed by atoms with Gasteiger partial charge in [0.05, 0.1) is 0 Å². The predicted molar refractivity (Wildman–Crippen MR) is 117 cm³/mol. The van der Waals surface area contributed by atoms with Gasteiger partial charge in [-0.05, 0) is 79.2 Å². The second-order valence-electron chi connectivity index (χ2n) is 8.14. The van der Waals surface area contributed by atoms with Crippen molar-refractivity contribution in [2.24, 2.45) is 0 Å². The molecule has 2 aromatic carbocycles. The van der Waals surface area contributed by atoms with E-state index >= 15 is 0 Å². The molecule has 0 heteroatoms. The van der Waals surface area contributed by atoms with Gasteiger partial charge in [0.25, 0.3) is 0 Å². The molecule has 140 valence electrons. The van der Waals surface area contributed by atoms with Crippen LogP contribution in [0.4, 0.5) is 0 Å². The molecule has 0 N–H and O–H groups in total. The fraction of sp³-hybridized carbons (Fsp3) is 0.407. The average molecular weight is 357 g/mol. The van der Waals surface area contributed by atoms with Crippen LogP contribution >= 0.6 is 0 Å². The van der Waals surface area contributed by atoms with Crippen LogP contribution in [0, 0.1) is 0 Å². The Kier molecular flexibility index (Phi) is 6.25. The average Bonchev–Trinajstić information content (AvgIpc) is 3.13. The summed E-state index contributed by atoms with van der Waals surface area (Å²) in [6.45, 7) is 0. The standard InChI is InChI=1S/C27H32/c1-2-7-15-22(14-6-1)25-20-12-5-13-21-26(25)27(23-16-8-3-9-17-23)24-18-10-4-11-19-24/h3-4,8-11,16-19H,1-2,5-7,12-15,20-21H2. The smallest absolute Gasteiger partial charge is 0.00766 e. The first-order chi connectivity index (χ1) is 13.4. The van der Waals surface area contributed by atoms with E-state index < -0.39 is 0 Å². The first-order valence-electron chi connectivity index (χ1n) is 11.0. The van der Waals surface area contributed by atoms with Gasteiger partial charge in [0.15, 0.2) is 0 Å². The van der Waals surface area contributed by atoms with Crippen LogP contribution in [0.3, 0.4) is 0 Å². The van der Waals surface area contributed by atoms with Crippen molar-refractivity contribution >= 4 is 5.57 Å². The van der Waals surface area contributed by atoms with Gasteiger partial charge in [0, 0.05) is 0 Å². The van der Waals surface area contributed by atoms with E-state index in [1.165, 1.54) is 87.3 Å². The van der Waals surface area contributed by atoms with Crippen molar-refractivity contribution in [3.8, 4) is 0 Å². The fourth-order valence-corrected chi connectivity index (χ4v) is 4.93. The zero-order valence-electron chi connectivity index (χ0n) is 16.6. The number of rotatable bonds is 2. The van der Waals surface area contributed by atoms with E-state index in [1.54, 1.807) is 16.7 Å². The normalized spacial score (nSPS) is 18.7.